The zero-order valence-electron chi connectivity index (χ0n) is 12.7. The Morgan fingerprint density at radius 1 is 1.35 bits per heavy atom. The molecule has 1 rings (SSSR count). The van der Waals surface area contributed by atoms with Crippen LogP contribution in [0.4, 0.5) is 0 Å². The summed E-state index contributed by atoms with van der Waals surface area (Å²) in [6, 6.07) is -0.470. The molecule has 5 nitrogen and oxygen atoms in total. The molecule has 0 aromatic rings. The summed E-state index contributed by atoms with van der Waals surface area (Å²) in [6.45, 7) is 7.41. The summed E-state index contributed by atoms with van der Waals surface area (Å²) in [5.74, 6) is 0.128. The van der Waals surface area contributed by atoms with E-state index in [2.05, 4.69) is 0 Å². The van der Waals surface area contributed by atoms with Crippen molar-refractivity contribution in [3.05, 3.63) is 0 Å². The van der Waals surface area contributed by atoms with Crippen LogP contribution in [0, 0.1) is 11.3 Å². The number of primary amides is 1. The molecule has 6 heteroatoms. The number of halogens is 1. The van der Waals surface area contributed by atoms with E-state index in [0.717, 1.165) is 25.8 Å². The van der Waals surface area contributed by atoms with E-state index in [1.165, 1.54) is 0 Å². The number of carbonyl (C=O) groups excluding carboxylic acids is 2. The van der Waals surface area contributed by atoms with Gasteiger partial charge in [-0.2, -0.15) is 0 Å². The van der Waals surface area contributed by atoms with Gasteiger partial charge >= 0.3 is 0 Å². The second-order valence-electron chi connectivity index (χ2n) is 6.64. The van der Waals surface area contributed by atoms with Crippen LogP contribution in [0.2, 0.25) is 0 Å². The predicted molar refractivity (Wildman–Crippen MR) is 82.4 cm³/mol. The fourth-order valence-electron chi connectivity index (χ4n) is 2.41. The number of amides is 2. The van der Waals surface area contributed by atoms with Crippen molar-refractivity contribution in [3.8, 4) is 0 Å². The normalized spacial score (nSPS) is 21.0. The second kappa shape index (κ2) is 7.84. The van der Waals surface area contributed by atoms with Gasteiger partial charge in [-0.3, -0.25) is 9.59 Å². The highest BCUT2D eigenvalue weighted by Gasteiger charge is 2.33. The highest BCUT2D eigenvalue weighted by atomic mass is 35.5. The zero-order valence-corrected chi connectivity index (χ0v) is 13.5. The quantitative estimate of drug-likeness (QED) is 0.820. The Morgan fingerprint density at radius 3 is 2.45 bits per heavy atom. The minimum Gasteiger partial charge on any atom is -0.370 e. The third kappa shape index (κ3) is 5.67. The minimum atomic E-state index is -0.470. The average molecular weight is 306 g/mol. The summed E-state index contributed by atoms with van der Waals surface area (Å²) >= 11 is 0. The van der Waals surface area contributed by atoms with Gasteiger partial charge in [0.05, 0.1) is 6.04 Å². The molecule has 1 unspecified atom stereocenters. The van der Waals surface area contributed by atoms with Crippen LogP contribution in [0.3, 0.4) is 0 Å². The van der Waals surface area contributed by atoms with Crippen molar-refractivity contribution in [1.29, 1.82) is 0 Å². The van der Waals surface area contributed by atoms with E-state index >= 15 is 0 Å². The van der Waals surface area contributed by atoms with Crippen LogP contribution in [0.25, 0.3) is 0 Å². The lowest BCUT2D eigenvalue weighted by molar-refractivity contribution is -0.136. The molecule has 1 aliphatic rings. The van der Waals surface area contributed by atoms with Crippen molar-refractivity contribution in [3.63, 3.8) is 0 Å². The smallest absolute Gasteiger partial charge is 0.240 e. The molecule has 0 bridgehead atoms. The maximum atomic E-state index is 12.3. The van der Waals surface area contributed by atoms with Crippen LogP contribution >= 0.6 is 12.4 Å². The Labute approximate surface area is 127 Å². The fourth-order valence-corrected chi connectivity index (χ4v) is 2.41. The predicted octanol–water partition coefficient (Wildman–Crippen LogP) is 1.29. The molecule has 1 heterocycles. The molecular formula is C14H28ClN3O2. The summed E-state index contributed by atoms with van der Waals surface area (Å²) < 4.78 is 0. The van der Waals surface area contributed by atoms with Gasteiger partial charge < -0.3 is 16.4 Å². The first-order valence-corrected chi connectivity index (χ1v) is 7.04. The van der Waals surface area contributed by atoms with Gasteiger partial charge in [0.1, 0.15) is 0 Å². The summed E-state index contributed by atoms with van der Waals surface area (Å²) in [5, 5.41) is 0. The van der Waals surface area contributed by atoms with E-state index in [1.807, 2.05) is 25.7 Å². The van der Waals surface area contributed by atoms with Gasteiger partial charge in [0.15, 0.2) is 0 Å². The average Bonchev–Trinajstić information content (AvgIpc) is 2.33. The Kier molecular flexibility index (Phi) is 7.52. The van der Waals surface area contributed by atoms with Gasteiger partial charge in [0.2, 0.25) is 11.8 Å². The lowest BCUT2D eigenvalue weighted by Gasteiger charge is -2.37. The molecule has 1 saturated heterocycles. The highest BCUT2D eigenvalue weighted by molar-refractivity contribution is 5.85. The van der Waals surface area contributed by atoms with Gasteiger partial charge in [0, 0.05) is 19.5 Å². The Balaban J connectivity index is 0.00000361. The largest absolute Gasteiger partial charge is 0.370 e. The molecule has 0 aliphatic carbocycles. The van der Waals surface area contributed by atoms with E-state index in [4.69, 9.17) is 11.5 Å². The fraction of sp³-hybridized carbons (Fsp3) is 0.857. The third-order valence-electron chi connectivity index (χ3n) is 3.83. The molecule has 0 spiro atoms. The minimum absolute atomic E-state index is 0. The molecule has 1 fully saturated rings. The maximum absolute atomic E-state index is 12.3. The van der Waals surface area contributed by atoms with Crippen molar-refractivity contribution in [2.45, 2.75) is 52.5 Å². The number of hydrogen-bond acceptors (Lipinski definition) is 3. The molecule has 1 aliphatic heterocycles. The number of nitrogens with two attached hydrogens (primary N) is 2. The molecule has 0 radical (unpaired) electrons. The van der Waals surface area contributed by atoms with E-state index in [9.17, 15) is 9.59 Å². The number of likely N-dealkylation sites (tertiary alicyclic amines) is 1. The number of piperidine rings is 1. The molecular weight excluding hydrogens is 278 g/mol. The van der Waals surface area contributed by atoms with Crippen LogP contribution in [0.5, 0.6) is 0 Å². The van der Waals surface area contributed by atoms with Crippen molar-refractivity contribution in [2.24, 2.45) is 22.8 Å². The van der Waals surface area contributed by atoms with Crippen LogP contribution in [0.1, 0.15) is 46.5 Å². The first-order chi connectivity index (χ1) is 8.71. The van der Waals surface area contributed by atoms with Gasteiger partial charge in [0.25, 0.3) is 0 Å². The molecule has 0 aromatic carbocycles. The maximum Gasteiger partial charge on any atom is 0.240 e. The molecule has 118 valence electrons. The van der Waals surface area contributed by atoms with E-state index in [-0.39, 0.29) is 29.6 Å². The van der Waals surface area contributed by atoms with Crippen LogP contribution in [0.15, 0.2) is 0 Å². The Morgan fingerprint density at radius 2 is 1.95 bits per heavy atom. The van der Waals surface area contributed by atoms with Gasteiger partial charge in [-0.15, -0.1) is 12.4 Å². The number of nitrogens with zero attached hydrogens (tertiary/aromatic N) is 1. The highest BCUT2D eigenvalue weighted by Crippen LogP contribution is 2.24. The standard InChI is InChI=1S/C14H27N3O2.ClH/c1-14(2,3)12(16)13(19)17-8-4-5-10(9-17)6-7-11(15)18;/h10,12H,4-9,16H2,1-3H3,(H2,15,18);1H/t10?,12-;/m1./s1. The van der Waals surface area contributed by atoms with Crippen LogP contribution < -0.4 is 11.5 Å². The molecule has 0 aromatic heterocycles. The third-order valence-corrected chi connectivity index (χ3v) is 3.83. The molecule has 2 atom stereocenters. The van der Waals surface area contributed by atoms with Crippen molar-refractivity contribution in [2.75, 3.05) is 13.1 Å². The topological polar surface area (TPSA) is 89.4 Å². The van der Waals surface area contributed by atoms with E-state index < -0.39 is 6.04 Å². The van der Waals surface area contributed by atoms with Crippen LogP contribution in [-0.4, -0.2) is 35.8 Å². The summed E-state index contributed by atoms with van der Waals surface area (Å²) in [5.41, 5.74) is 11.0. The van der Waals surface area contributed by atoms with Crippen molar-refractivity contribution < 1.29 is 9.59 Å². The molecule has 20 heavy (non-hydrogen) atoms. The van der Waals surface area contributed by atoms with E-state index in [0.29, 0.717) is 18.9 Å². The van der Waals surface area contributed by atoms with E-state index in [1.54, 1.807) is 0 Å². The zero-order chi connectivity index (χ0) is 14.6. The molecule has 4 N–H and O–H groups in total. The van der Waals surface area contributed by atoms with Crippen LogP contribution in [-0.2, 0) is 9.59 Å². The second-order valence-corrected chi connectivity index (χ2v) is 6.64. The SMILES string of the molecule is CC(C)(C)[C@H](N)C(=O)N1CCCC(CCC(N)=O)C1.Cl. The summed E-state index contributed by atoms with van der Waals surface area (Å²) in [4.78, 5) is 25.0. The Bertz CT molecular complexity index is 342. The molecule has 2 amide bonds. The lowest BCUT2D eigenvalue weighted by atomic mass is 9.85. The number of hydrogen-bond donors (Lipinski definition) is 2. The number of carbonyl (C=O) groups is 2. The summed E-state index contributed by atoms with van der Waals surface area (Å²) in [6.07, 6.45) is 3.20. The van der Waals surface area contributed by atoms with Gasteiger partial charge in [-0.05, 0) is 30.6 Å². The first-order valence-electron chi connectivity index (χ1n) is 7.04. The van der Waals surface area contributed by atoms with Gasteiger partial charge in [-0.1, -0.05) is 20.8 Å². The summed E-state index contributed by atoms with van der Waals surface area (Å²) in [7, 11) is 0. The molecule has 0 saturated carbocycles. The number of rotatable bonds is 4. The van der Waals surface area contributed by atoms with Crippen molar-refractivity contribution in [1.82, 2.24) is 4.90 Å². The van der Waals surface area contributed by atoms with Gasteiger partial charge in [-0.25, -0.2) is 0 Å². The first kappa shape index (κ1) is 19.2. The Hall–Kier alpha value is -0.810. The monoisotopic (exact) mass is 305 g/mol. The lowest BCUT2D eigenvalue weighted by Crippen LogP contribution is -2.53. The van der Waals surface area contributed by atoms with Crippen molar-refractivity contribution >= 4 is 24.2 Å².